The average Bonchev–Trinajstić information content (AvgIpc) is 2.99. The van der Waals surface area contributed by atoms with Crippen molar-refractivity contribution >= 4 is 33.5 Å². The number of carbonyl (C=O) groups excluding carboxylic acids is 1. The molecule has 1 aromatic carbocycles. The van der Waals surface area contributed by atoms with Gasteiger partial charge in [0.2, 0.25) is 5.91 Å². The zero-order valence-corrected chi connectivity index (χ0v) is 17.3. The van der Waals surface area contributed by atoms with Crippen LogP contribution in [-0.2, 0) is 18.4 Å². The van der Waals surface area contributed by atoms with Crippen molar-refractivity contribution < 1.29 is 4.79 Å². The number of guanidine groups is 1. The zero-order chi connectivity index (χ0) is 19.1. The lowest BCUT2D eigenvalue weighted by atomic mass is 10.2. The molecule has 1 heterocycles. The highest BCUT2D eigenvalue weighted by atomic mass is 79.9. The minimum Gasteiger partial charge on any atom is -0.357 e. The Hall–Kier alpha value is -2.28. The summed E-state index contributed by atoms with van der Waals surface area (Å²) in [5.74, 6) is 0.559. The van der Waals surface area contributed by atoms with E-state index in [2.05, 4.69) is 42.2 Å². The van der Waals surface area contributed by atoms with Crippen molar-refractivity contribution in [2.75, 3.05) is 25.5 Å². The lowest BCUT2D eigenvalue weighted by Gasteiger charge is -2.22. The van der Waals surface area contributed by atoms with Gasteiger partial charge in [-0.05, 0) is 43.7 Å². The smallest absolute Gasteiger partial charge is 0.246 e. The van der Waals surface area contributed by atoms with E-state index in [0.717, 1.165) is 22.3 Å². The van der Waals surface area contributed by atoms with E-state index in [0.29, 0.717) is 12.5 Å². The van der Waals surface area contributed by atoms with Crippen LogP contribution in [0.25, 0.3) is 0 Å². The van der Waals surface area contributed by atoms with E-state index in [1.165, 1.54) is 5.69 Å². The summed E-state index contributed by atoms with van der Waals surface area (Å²) >= 11 is 3.42. The Kier molecular flexibility index (Phi) is 7.26. The number of anilines is 1. The number of aliphatic imine (C=N–C) groups is 1. The normalized spacial score (nSPS) is 11.3. The summed E-state index contributed by atoms with van der Waals surface area (Å²) < 4.78 is 3.00. The number of nitrogens with zero attached hydrogens (tertiary/aromatic N) is 3. The van der Waals surface area contributed by atoms with Gasteiger partial charge in [0, 0.05) is 42.7 Å². The lowest BCUT2D eigenvalue weighted by Crippen LogP contribution is -2.39. The molecule has 0 atom stereocenters. The first-order valence-electron chi connectivity index (χ1n) is 8.56. The maximum atomic E-state index is 12.3. The first kappa shape index (κ1) is 20.0. The number of aromatic nitrogens is 1. The fourth-order valence-corrected chi connectivity index (χ4v) is 2.87. The van der Waals surface area contributed by atoms with Crippen molar-refractivity contribution in [3.63, 3.8) is 0 Å². The number of hydrogen-bond acceptors (Lipinski definition) is 2. The van der Waals surface area contributed by atoms with Gasteiger partial charge in [0.05, 0.1) is 6.54 Å². The number of hydrogen-bond donors (Lipinski definition) is 2. The van der Waals surface area contributed by atoms with Crippen molar-refractivity contribution in [3.8, 4) is 0 Å². The van der Waals surface area contributed by atoms with Crippen LogP contribution in [0.5, 0.6) is 0 Å². The largest absolute Gasteiger partial charge is 0.357 e. The highest BCUT2D eigenvalue weighted by molar-refractivity contribution is 9.10. The van der Waals surface area contributed by atoms with Crippen LogP contribution < -0.4 is 10.6 Å². The van der Waals surface area contributed by atoms with Gasteiger partial charge >= 0.3 is 0 Å². The molecule has 140 valence electrons. The van der Waals surface area contributed by atoms with Crippen molar-refractivity contribution in [2.45, 2.75) is 20.4 Å². The molecule has 0 unspecified atom stereocenters. The minimum absolute atomic E-state index is 0.0613. The fraction of sp³-hybridized carbons (Fsp3) is 0.368. The summed E-state index contributed by atoms with van der Waals surface area (Å²) in [6, 6.07) is 9.89. The Morgan fingerprint density at radius 2 is 2.12 bits per heavy atom. The minimum atomic E-state index is -0.145. The van der Waals surface area contributed by atoms with Crippen molar-refractivity contribution in [3.05, 3.63) is 52.3 Å². The maximum Gasteiger partial charge on any atom is 0.246 e. The first-order chi connectivity index (χ1) is 12.4. The fourth-order valence-electron chi connectivity index (χ4n) is 2.51. The van der Waals surface area contributed by atoms with E-state index in [1.54, 1.807) is 0 Å². The van der Waals surface area contributed by atoms with E-state index >= 15 is 0 Å². The molecule has 1 aromatic heterocycles. The van der Waals surface area contributed by atoms with Crippen molar-refractivity contribution in [1.82, 2.24) is 14.8 Å². The molecule has 0 aliphatic carbocycles. The Labute approximate surface area is 163 Å². The highest BCUT2D eigenvalue weighted by Crippen LogP contribution is 2.20. The molecule has 2 aromatic rings. The third kappa shape index (κ3) is 5.62. The predicted molar refractivity (Wildman–Crippen MR) is 110 cm³/mol. The van der Waals surface area contributed by atoms with E-state index in [-0.39, 0.29) is 12.5 Å². The number of carbonyl (C=O) groups is 1. The summed E-state index contributed by atoms with van der Waals surface area (Å²) in [5, 5.41) is 6.15. The van der Waals surface area contributed by atoms with Crippen molar-refractivity contribution in [2.24, 2.45) is 12.0 Å². The molecular weight excluding hydrogens is 394 g/mol. The number of halogens is 1. The Morgan fingerprint density at radius 3 is 2.77 bits per heavy atom. The molecule has 0 fully saturated rings. The number of amides is 1. The molecule has 0 saturated heterocycles. The molecular formula is C19H26BrN5O. The summed E-state index contributed by atoms with van der Waals surface area (Å²) in [6.45, 7) is 5.48. The molecule has 0 spiro atoms. The highest BCUT2D eigenvalue weighted by Gasteiger charge is 2.10. The number of nitrogens with one attached hydrogen (secondary N) is 2. The average molecular weight is 420 g/mol. The Bertz CT molecular complexity index is 784. The predicted octanol–water partition coefficient (Wildman–Crippen LogP) is 3.13. The van der Waals surface area contributed by atoms with Crippen LogP contribution >= 0.6 is 15.9 Å². The van der Waals surface area contributed by atoms with E-state index in [4.69, 9.17) is 0 Å². The standard InChI is InChI=1S/C19H26BrN5O/c1-5-21-19(25(4)13-16-7-6-10-24(16)3)22-12-18(26)23-17-11-15(20)9-8-14(17)2/h6-11H,5,12-13H2,1-4H3,(H,21,22)(H,23,26). The topological polar surface area (TPSA) is 61.7 Å². The molecule has 7 heteroatoms. The third-order valence-corrected chi connectivity index (χ3v) is 4.49. The second kappa shape index (κ2) is 9.43. The molecule has 0 aliphatic rings. The summed E-state index contributed by atoms with van der Waals surface area (Å²) in [7, 11) is 3.98. The number of benzene rings is 1. The summed E-state index contributed by atoms with van der Waals surface area (Å²) in [5.41, 5.74) is 2.98. The molecule has 26 heavy (non-hydrogen) atoms. The van der Waals surface area contributed by atoms with Crippen LogP contribution in [0.15, 0.2) is 46.0 Å². The van der Waals surface area contributed by atoms with Gasteiger partial charge in [0.25, 0.3) is 0 Å². The lowest BCUT2D eigenvalue weighted by molar-refractivity contribution is -0.114. The molecule has 1 amide bonds. The molecule has 0 aliphatic heterocycles. The second-order valence-corrected chi connectivity index (χ2v) is 7.06. The van der Waals surface area contributed by atoms with Crippen LogP contribution in [0.3, 0.4) is 0 Å². The maximum absolute atomic E-state index is 12.3. The molecule has 0 bridgehead atoms. The van der Waals surface area contributed by atoms with Gasteiger partial charge in [0.15, 0.2) is 5.96 Å². The van der Waals surface area contributed by atoms with Gasteiger partial charge in [0.1, 0.15) is 6.54 Å². The van der Waals surface area contributed by atoms with Crippen LogP contribution in [0.1, 0.15) is 18.2 Å². The Balaban J connectivity index is 2.02. The number of rotatable bonds is 6. The summed E-state index contributed by atoms with van der Waals surface area (Å²) in [4.78, 5) is 18.8. The SMILES string of the molecule is CCNC(=NCC(=O)Nc1cc(Br)ccc1C)N(C)Cc1cccn1C. The molecule has 0 radical (unpaired) electrons. The van der Waals surface area contributed by atoms with Crippen LogP contribution in [0, 0.1) is 6.92 Å². The quantitative estimate of drug-likeness (QED) is 0.558. The second-order valence-electron chi connectivity index (χ2n) is 6.14. The van der Waals surface area contributed by atoms with Crippen LogP contribution in [-0.4, -0.2) is 41.5 Å². The van der Waals surface area contributed by atoms with Gasteiger partial charge in [-0.1, -0.05) is 22.0 Å². The van der Waals surface area contributed by atoms with Gasteiger partial charge in [-0.15, -0.1) is 0 Å². The van der Waals surface area contributed by atoms with Crippen LogP contribution in [0.4, 0.5) is 5.69 Å². The first-order valence-corrected chi connectivity index (χ1v) is 9.35. The molecule has 0 saturated carbocycles. The van der Waals surface area contributed by atoms with E-state index in [1.807, 2.05) is 63.3 Å². The van der Waals surface area contributed by atoms with Gasteiger partial charge < -0.3 is 20.1 Å². The third-order valence-electron chi connectivity index (χ3n) is 3.99. The van der Waals surface area contributed by atoms with E-state index in [9.17, 15) is 4.79 Å². The molecule has 6 nitrogen and oxygen atoms in total. The van der Waals surface area contributed by atoms with Gasteiger partial charge in [-0.3, -0.25) is 4.79 Å². The summed E-state index contributed by atoms with van der Waals surface area (Å²) in [6.07, 6.45) is 2.01. The zero-order valence-electron chi connectivity index (χ0n) is 15.7. The van der Waals surface area contributed by atoms with Gasteiger partial charge in [-0.2, -0.15) is 0 Å². The molecule has 2 rings (SSSR count). The Morgan fingerprint density at radius 1 is 1.35 bits per heavy atom. The van der Waals surface area contributed by atoms with E-state index < -0.39 is 0 Å². The van der Waals surface area contributed by atoms with Gasteiger partial charge in [-0.25, -0.2) is 4.99 Å². The number of aryl methyl sites for hydroxylation is 2. The molecule has 2 N–H and O–H groups in total. The van der Waals surface area contributed by atoms with Crippen molar-refractivity contribution in [1.29, 1.82) is 0 Å². The monoisotopic (exact) mass is 419 g/mol. The van der Waals surface area contributed by atoms with Crippen LogP contribution in [0.2, 0.25) is 0 Å².